The van der Waals surface area contributed by atoms with E-state index in [4.69, 9.17) is 15.5 Å². The molecule has 2 rings (SSSR count). The third-order valence-corrected chi connectivity index (χ3v) is 8.07. The first kappa shape index (κ1) is 16.3. The van der Waals surface area contributed by atoms with Gasteiger partial charge in [-0.3, -0.25) is 0 Å². The minimum absolute atomic E-state index is 0.222. The minimum Gasteiger partial charge on any atom is -0.394 e. The molecule has 1 nitrogen and oxygen atoms in total. The van der Waals surface area contributed by atoms with Crippen molar-refractivity contribution in [2.45, 2.75) is 39.2 Å². The minimum atomic E-state index is -2.65. The molecular formula is C18H23ClOSi. The standard InChI is InChI=1S/C18H23ClOSi/c1-3-11-16(4-2)20-21(19,17-12-7-5-8-13-17)18-14-9-6-10-15-18/h5-10,12-16H,3-4,11H2,1-2H3. The Hall–Kier alpha value is -1.09. The second-order valence-electron chi connectivity index (χ2n) is 5.26. The number of rotatable bonds is 7. The molecule has 1 atom stereocenters. The molecule has 21 heavy (non-hydrogen) atoms. The van der Waals surface area contributed by atoms with Crippen molar-refractivity contribution in [1.82, 2.24) is 0 Å². The topological polar surface area (TPSA) is 9.23 Å². The zero-order valence-corrected chi connectivity index (χ0v) is 14.5. The zero-order chi connectivity index (χ0) is 15.1. The molecule has 0 saturated heterocycles. The molecule has 3 heteroatoms. The molecule has 0 aliphatic rings. The van der Waals surface area contributed by atoms with Crippen molar-refractivity contribution in [3.63, 3.8) is 0 Å². The second-order valence-corrected chi connectivity index (χ2v) is 9.44. The summed E-state index contributed by atoms with van der Waals surface area (Å²) in [6.07, 6.45) is 3.38. The molecule has 0 aliphatic heterocycles. The van der Waals surface area contributed by atoms with E-state index < -0.39 is 7.63 Å². The van der Waals surface area contributed by atoms with Crippen LogP contribution in [0, 0.1) is 0 Å². The highest BCUT2D eigenvalue weighted by Gasteiger charge is 2.39. The van der Waals surface area contributed by atoms with Gasteiger partial charge in [0.15, 0.2) is 0 Å². The van der Waals surface area contributed by atoms with Gasteiger partial charge in [-0.05, 0) is 23.2 Å². The molecule has 0 aliphatic carbocycles. The van der Waals surface area contributed by atoms with E-state index in [1.807, 2.05) is 36.4 Å². The lowest BCUT2D eigenvalue weighted by Gasteiger charge is -2.30. The maximum atomic E-state index is 7.12. The molecule has 0 aromatic heterocycles. The quantitative estimate of drug-likeness (QED) is 0.552. The van der Waals surface area contributed by atoms with Crippen LogP contribution in [0.1, 0.15) is 33.1 Å². The third kappa shape index (κ3) is 3.97. The van der Waals surface area contributed by atoms with Crippen LogP contribution in [0.25, 0.3) is 0 Å². The summed E-state index contributed by atoms with van der Waals surface area (Å²) in [6, 6.07) is 20.5. The Bertz CT molecular complexity index is 490. The van der Waals surface area contributed by atoms with Gasteiger partial charge in [-0.15, -0.1) is 11.1 Å². The third-order valence-electron chi connectivity index (χ3n) is 3.69. The van der Waals surface area contributed by atoms with E-state index in [0.29, 0.717) is 0 Å². The van der Waals surface area contributed by atoms with Gasteiger partial charge >= 0.3 is 7.63 Å². The normalized spacial score (nSPS) is 13.1. The largest absolute Gasteiger partial charge is 0.394 e. The predicted octanol–water partition coefficient (Wildman–Crippen LogP) is 4.08. The average molecular weight is 319 g/mol. The van der Waals surface area contributed by atoms with Crippen LogP contribution in [0.2, 0.25) is 0 Å². The molecule has 112 valence electrons. The average Bonchev–Trinajstić information content (AvgIpc) is 2.56. The van der Waals surface area contributed by atoms with Gasteiger partial charge in [-0.1, -0.05) is 80.9 Å². The molecule has 0 N–H and O–H groups in total. The molecule has 0 saturated carbocycles. The van der Waals surface area contributed by atoms with Gasteiger partial charge in [0.2, 0.25) is 0 Å². The Labute approximate surface area is 133 Å². The molecule has 2 aromatic rings. The van der Waals surface area contributed by atoms with E-state index in [-0.39, 0.29) is 6.10 Å². The van der Waals surface area contributed by atoms with Gasteiger partial charge in [0.05, 0.1) is 0 Å². The molecule has 1 unspecified atom stereocenters. The van der Waals surface area contributed by atoms with Crippen molar-refractivity contribution in [1.29, 1.82) is 0 Å². The summed E-state index contributed by atoms with van der Waals surface area (Å²) in [5.74, 6) is 0. The van der Waals surface area contributed by atoms with E-state index in [2.05, 4.69) is 38.1 Å². The van der Waals surface area contributed by atoms with E-state index in [0.717, 1.165) is 29.6 Å². The maximum absolute atomic E-state index is 7.12. The predicted molar refractivity (Wildman–Crippen MR) is 93.8 cm³/mol. The molecule has 0 fully saturated rings. The van der Waals surface area contributed by atoms with E-state index in [1.54, 1.807) is 0 Å². The van der Waals surface area contributed by atoms with Gasteiger partial charge in [0.1, 0.15) is 0 Å². The number of hydrogen-bond donors (Lipinski definition) is 0. The van der Waals surface area contributed by atoms with Crippen LogP contribution in [0.5, 0.6) is 0 Å². The fourth-order valence-electron chi connectivity index (χ4n) is 2.51. The van der Waals surface area contributed by atoms with Crippen LogP contribution in [0.15, 0.2) is 60.7 Å². The Kier molecular flexibility index (Phi) is 6.04. The molecule has 0 radical (unpaired) electrons. The summed E-state index contributed by atoms with van der Waals surface area (Å²) >= 11 is 7.12. The van der Waals surface area contributed by atoms with Crippen molar-refractivity contribution in [3.8, 4) is 0 Å². The van der Waals surface area contributed by atoms with Gasteiger partial charge in [0.25, 0.3) is 0 Å². The van der Waals surface area contributed by atoms with Crippen LogP contribution in [-0.2, 0) is 4.43 Å². The van der Waals surface area contributed by atoms with Crippen molar-refractivity contribution in [2.75, 3.05) is 0 Å². The fraction of sp³-hybridized carbons (Fsp3) is 0.333. The highest BCUT2D eigenvalue weighted by atomic mass is 35.6. The highest BCUT2D eigenvalue weighted by molar-refractivity contribution is 7.30. The molecule has 2 aromatic carbocycles. The first-order valence-electron chi connectivity index (χ1n) is 7.68. The molecular weight excluding hydrogens is 296 g/mol. The van der Waals surface area contributed by atoms with Crippen LogP contribution < -0.4 is 10.4 Å². The van der Waals surface area contributed by atoms with E-state index in [1.165, 1.54) is 0 Å². The van der Waals surface area contributed by atoms with Gasteiger partial charge in [-0.2, -0.15) is 0 Å². The first-order chi connectivity index (χ1) is 10.2. The summed E-state index contributed by atoms with van der Waals surface area (Å²) in [4.78, 5) is 0. The number of hydrogen-bond acceptors (Lipinski definition) is 1. The Morgan fingerprint density at radius 3 is 1.76 bits per heavy atom. The fourth-order valence-corrected chi connectivity index (χ4v) is 6.23. The molecule has 0 amide bonds. The summed E-state index contributed by atoms with van der Waals surface area (Å²) in [6.45, 7) is 4.36. The highest BCUT2D eigenvalue weighted by Crippen LogP contribution is 2.19. The number of halogens is 1. The SMILES string of the molecule is CCCC(CC)O[Si](Cl)(c1ccccc1)c1ccccc1. The summed E-state index contributed by atoms with van der Waals surface area (Å²) in [7, 11) is -2.65. The van der Waals surface area contributed by atoms with Crippen molar-refractivity contribution >= 4 is 29.1 Å². The molecule has 0 spiro atoms. The Morgan fingerprint density at radius 2 is 1.38 bits per heavy atom. The summed E-state index contributed by atoms with van der Waals surface area (Å²) < 4.78 is 6.50. The van der Waals surface area contributed by atoms with Crippen LogP contribution in [0.4, 0.5) is 0 Å². The Morgan fingerprint density at radius 1 is 0.905 bits per heavy atom. The summed E-state index contributed by atoms with van der Waals surface area (Å²) in [5.41, 5.74) is 0. The monoisotopic (exact) mass is 318 g/mol. The lowest BCUT2D eigenvalue weighted by atomic mass is 10.2. The smallest absolute Gasteiger partial charge is 0.355 e. The van der Waals surface area contributed by atoms with Gasteiger partial charge in [0, 0.05) is 6.10 Å². The van der Waals surface area contributed by atoms with Crippen LogP contribution >= 0.6 is 11.1 Å². The van der Waals surface area contributed by atoms with Crippen molar-refractivity contribution in [3.05, 3.63) is 60.7 Å². The van der Waals surface area contributed by atoms with Crippen LogP contribution in [-0.4, -0.2) is 13.7 Å². The zero-order valence-electron chi connectivity index (χ0n) is 12.8. The van der Waals surface area contributed by atoms with E-state index in [9.17, 15) is 0 Å². The molecule has 0 bridgehead atoms. The van der Waals surface area contributed by atoms with Crippen molar-refractivity contribution in [2.24, 2.45) is 0 Å². The lowest BCUT2D eigenvalue weighted by molar-refractivity contribution is 0.189. The summed E-state index contributed by atoms with van der Waals surface area (Å²) in [5, 5.41) is 2.24. The Balaban J connectivity index is 2.39. The van der Waals surface area contributed by atoms with Gasteiger partial charge in [-0.25, -0.2) is 0 Å². The van der Waals surface area contributed by atoms with E-state index >= 15 is 0 Å². The van der Waals surface area contributed by atoms with Gasteiger partial charge < -0.3 is 4.43 Å². The second kappa shape index (κ2) is 7.78. The molecule has 0 heterocycles. The first-order valence-corrected chi connectivity index (χ1v) is 10.6. The van der Waals surface area contributed by atoms with Crippen LogP contribution in [0.3, 0.4) is 0 Å². The lowest BCUT2D eigenvalue weighted by Crippen LogP contribution is -2.57. The number of benzene rings is 2. The van der Waals surface area contributed by atoms with Crippen molar-refractivity contribution < 1.29 is 4.43 Å². The maximum Gasteiger partial charge on any atom is 0.355 e.